The highest BCUT2D eigenvalue weighted by Gasteiger charge is 2.11. The lowest BCUT2D eigenvalue weighted by Gasteiger charge is -2.11. The fourth-order valence-electron chi connectivity index (χ4n) is 2.39. The Bertz CT molecular complexity index is 957. The number of halogens is 1. The van der Waals surface area contributed by atoms with E-state index in [9.17, 15) is 10.1 Å². The van der Waals surface area contributed by atoms with Gasteiger partial charge >= 0.3 is 0 Å². The predicted octanol–water partition coefficient (Wildman–Crippen LogP) is 4.80. The number of hydrazone groups is 1. The Morgan fingerprint density at radius 2 is 1.73 bits per heavy atom. The number of nitro groups is 1. The van der Waals surface area contributed by atoms with Crippen LogP contribution in [0, 0.1) is 10.1 Å². The van der Waals surface area contributed by atoms with Crippen LogP contribution in [-0.4, -0.2) is 10.6 Å². The highest BCUT2D eigenvalue weighted by molar-refractivity contribution is 9.10. The van der Waals surface area contributed by atoms with Gasteiger partial charge < -0.3 is 5.73 Å². The third kappa shape index (κ3) is 4.07. The van der Waals surface area contributed by atoms with Gasteiger partial charge in [0.25, 0.3) is 5.69 Å². The zero-order valence-electron chi connectivity index (χ0n) is 13.6. The minimum absolute atomic E-state index is 0.0269. The maximum atomic E-state index is 10.8. The van der Waals surface area contributed by atoms with Crippen LogP contribution in [-0.2, 0) is 0 Å². The number of hydrogen-bond acceptors (Lipinski definition) is 5. The molecule has 3 rings (SSSR count). The van der Waals surface area contributed by atoms with Gasteiger partial charge in [-0.3, -0.25) is 15.5 Å². The van der Waals surface area contributed by atoms with Crippen molar-refractivity contribution in [2.75, 3.05) is 11.2 Å². The van der Waals surface area contributed by atoms with E-state index in [1.807, 2.05) is 48.5 Å². The molecule has 0 aliphatic carbocycles. The molecule has 0 atom stereocenters. The summed E-state index contributed by atoms with van der Waals surface area (Å²) in [5, 5.41) is 15.3. The van der Waals surface area contributed by atoms with Crippen molar-refractivity contribution in [3.8, 4) is 0 Å². The zero-order valence-corrected chi connectivity index (χ0v) is 15.2. The van der Waals surface area contributed by atoms with Gasteiger partial charge in [-0.05, 0) is 30.3 Å². The lowest BCUT2D eigenvalue weighted by molar-refractivity contribution is -0.384. The van der Waals surface area contributed by atoms with Crippen LogP contribution in [0.2, 0.25) is 0 Å². The van der Waals surface area contributed by atoms with Crippen LogP contribution in [0.4, 0.5) is 17.1 Å². The van der Waals surface area contributed by atoms with E-state index in [0.717, 1.165) is 15.6 Å². The maximum absolute atomic E-state index is 10.8. The summed E-state index contributed by atoms with van der Waals surface area (Å²) in [6.07, 6.45) is 0. The molecule has 0 saturated carbocycles. The number of nitrogens with two attached hydrogens (primary N) is 1. The van der Waals surface area contributed by atoms with Gasteiger partial charge in [-0.2, -0.15) is 5.10 Å². The van der Waals surface area contributed by atoms with Gasteiger partial charge in [0.2, 0.25) is 0 Å². The van der Waals surface area contributed by atoms with Crippen molar-refractivity contribution < 1.29 is 4.92 Å². The summed E-state index contributed by atoms with van der Waals surface area (Å²) in [5.74, 6) is 0. The number of nitrogens with one attached hydrogen (secondary N) is 1. The third-order valence-corrected chi connectivity index (χ3v) is 4.19. The molecule has 0 amide bonds. The molecule has 3 aromatic rings. The molecule has 0 spiro atoms. The molecule has 3 aromatic carbocycles. The Balaban J connectivity index is 1.99. The van der Waals surface area contributed by atoms with Crippen molar-refractivity contribution in [2.24, 2.45) is 5.10 Å². The average Bonchev–Trinajstić information content (AvgIpc) is 2.66. The number of non-ortho nitro benzene ring substituents is 1. The van der Waals surface area contributed by atoms with E-state index in [1.165, 1.54) is 12.1 Å². The summed E-state index contributed by atoms with van der Waals surface area (Å²) < 4.78 is 0.890. The van der Waals surface area contributed by atoms with Crippen LogP contribution in [0.5, 0.6) is 0 Å². The van der Waals surface area contributed by atoms with Gasteiger partial charge in [0.15, 0.2) is 0 Å². The lowest BCUT2D eigenvalue weighted by Crippen LogP contribution is -2.09. The second-order valence-corrected chi connectivity index (χ2v) is 6.39. The zero-order chi connectivity index (χ0) is 18.5. The fraction of sp³-hybridized carbons (Fsp3) is 0. The topological polar surface area (TPSA) is 93.5 Å². The normalized spacial score (nSPS) is 11.2. The van der Waals surface area contributed by atoms with Gasteiger partial charge in [-0.1, -0.05) is 46.3 Å². The largest absolute Gasteiger partial charge is 0.398 e. The van der Waals surface area contributed by atoms with Gasteiger partial charge in [-0.15, -0.1) is 0 Å². The summed E-state index contributed by atoms with van der Waals surface area (Å²) in [4.78, 5) is 10.3. The molecule has 0 saturated heterocycles. The van der Waals surface area contributed by atoms with Gasteiger partial charge in [0.05, 0.1) is 16.3 Å². The quantitative estimate of drug-likeness (QED) is 0.273. The molecule has 26 heavy (non-hydrogen) atoms. The van der Waals surface area contributed by atoms with Gasteiger partial charge in [-0.25, -0.2) is 0 Å². The minimum atomic E-state index is -0.440. The van der Waals surface area contributed by atoms with Crippen LogP contribution < -0.4 is 11.2 Å². The van der Waals surface area contributed by atoms with Gasteiger partial charge in [0, 0.05) is 33.4 Å². The fourth-order valence-corrected chi connectivity index (χ4v) is 2.75. The Kier molecular flexibility index (Phi) is 5.28. The van der Waals surface area contributed by atoms with E-state index in [-0.39, 0.29) is 5.69 Å². The summed E-state index contributed by atoms with van der Waals surface area (Å²) in [5.41, 5.74) is 12.7. The molecular weight excluding hydrogens is 396 g/mol. The van der Waals surface area contributed by atoms with Crippen molar-refractivity contribution >= 4 is 38.7 Å². The molecule has 0 unspecified atom stereocenters. The molecule has 0 radical (unpaired) electrons. The van der Waals surface area contributed by atoms with Crippen LogP contribution in [0.1, 0.15) is 11.1 Å². The van der Waals surface area contributed by atoms with Crippen molar-refractivity contribution in [3.63, 3.8) is 0 Å². The monoisotopic (exact) mass is 410 g/mol. The third-order valence-electron chi connectivity index (χ3n) is 3.69. The predicted molar refractivity (Wildman–Crippen MR) is 107 cm³/mol. The molecule has 0 fully saturated rings. The Hall–Kier alpha value is -3.19. The molecule has 0 bridgehead atoms. The number of nitrogen functional groups attached to an aromatic ring is 1. The number of nitrogens with zero attached hydrogens (tertiary/aromatic N) is 2. The smallest absolute Gasteiger partial charge is 0.269 e. The molecule has 0 aliphatic rings. The van der Waals surface area contributed by atoms with Gasteiger partial charge in [0.1, 0.15) is 0 Å². The Labute approximate surface area is 158 Å². The molecule has 0 aromatic heterocycles. The summed E-state index contributed by atoms with van der Waals surface area (Å²) >= 11 is 3.46. The molecule has 0 aliphatic heterocycles. The van der Waals surface area contributed by atoms with E-state index in [4.69, 9.17) is 5.73 Å². The first-order chi connectivity index (χ1) is 12.5. The molecule has 0 heterocycles. The van der Waals surface area contributed by atoms with E-state index >= 15 is 0 Å². The standard InChI is InChI=1S/C19H15BrN4O2/c20-14-6-11-18(21)17(12-14)19(13-4-2-1-3-5-13)23-22-15-7-9-16(10-8-15)24(25)26/h1-12,22H,21H2/b23-19+. The lowest BCUT2D eigenvalue weighted by atomic mass is 10.0. The van der Waals surface area contributed by atoms with Crippen molar-refractivity contribution in [1.82, 2.24) is 0 Å². The minimum Gasteiger partial charge on any atom is -0.398 e. The first-order valence-electron chi connectivity index (χ1n) is 7.73. The molecule has 7 heteroatoms. The summed E-state index contributed by atoms with van der Waals surface area (Å²) in [6.45, 7) is 0. The summed E-state index contributed by atoms with van der Waals surface area (Å²) in [7, 11) is 0. The second-order valence-electron chi connectivity index (χ2n) is 5.47. The molecule has 130 valence electrons. The molecular formula is C19H15BrN4O2. The highest BCUT2D eigenvalue weighted by Crippen LogP contribution is 2.23. The van der Waals surface area contributed by atoms with Crippen molar-refractivity contribution in [3.05, 3.63) is 98.5 Å². The average molecular weight is 411 g/mol. The maximum Gasteiger partial charge on any atom is 0.269 e. The van der Waals surface area contributed by atoms with Crippen molar-refractivity contribution in [1.29, 1.82) is 0 Å². The second kappa shape index (κ2) is 7.79. The van der Waals surface area contributed by atoms with Crippen molar-refractivity contribution in [2.45, 2.75) is 0 Å². The van der Waals surface area contributed by atoms with Crippen LogP contribution in [0.15, 0.2) is 82.4 Å². The SMILES string of the molecule is Nc1ccc(Br)cc1/C(=N/Nc1ccc([N+](=O)[O-])cc1)c1ccccc1. The molecule has 6 nitrogen and oxygen atoms in total. The first kappa shape index (κ1) is 17.6. The number of nitro benzene ring substituents is 1. The highest BCUT2D eigenvalue weighted by atomic mass is 79.9. The Morgan fingerprint density at radius 1 is 1.04 bits per heavy atom. The van der Waals surface area contributed by atoms with Crippen LogP contribution >= 0.6 is 15.9 Å². The number of anilines is 2. The summed E-state index contributed by atoms with van der Waals surface area (Å²) in [6, 6.07) is 21.3. The number of hydrogen-bond donors (Lipinski definition) is 2. The van der Waals surface area contributed by atoms with Crippen LogP contribution in [0.3, 0.4) is 0 Å². The van der Waals surface area contributed by atoms with E-state index in [2.05, 4.69) is 26.5 Å². The van der Waals surface area contributed by atoms with E-state index in [1.54, 1.807) is 12.1 Å². The van der Waals surface area contributed by atoms with Crippen LogP contribution in [0.25, 0.3) is 0 Å². The number of benzene rings is 3. The van der Waals surface area contributed by atoms with E-state index in [0.29, 0.717) is 17.1 Å². The first-order valence-corrected chi connectivity index (χ1v) is 8.53. The molecule has 3 N–H and O–H groups in total. The Morgan fingerprint density at radius 3 is 2.38 bits per heavy atom. The van der Waals surface area contributed by atoms with E-state index < -0.39 is 4.92 Å². The number of rotatable bonds is 5.